The maximum Gasteiger partial charge on any atom is 0.180 e. The molecule has 16 heavy (non-hydrogen) atoms. The molecule has 0 amide bonds. The van der Waals surface area contributed by atoms with Gasteiger partial charge >= 0.3 is 0 Å². The molecular formula is C13H17ClO2. The highest BCUT2D eigenvalue weighted by molar-refractivity contribution is 6.31. The molecule has 2 N–H and O–H groups in total. The summed E-state index contributed by atoms with van der Waals surface area (Å²) in [5.41, 5.74) is 1.51. The molecule has 0 atom stereocenters. The Morgan fingerprint density at radius 1 is 1.12 bits per heavy atom. The van der Waals surface area contributed by atoms with Crippen LogP contribution in [-0.4, -0.2) is 10.2 Å². The monoisotopic (exact) mass is 240 g/mol. The van der Waals surface area contributed by atoms with Gasteiger partial charge < -0.3 is 10.2 Å². The predicted octanol–water partition coefficient (Wildman–Crippen LogP) is 3.37. The highest BCUT2D eigenvalue weighted by atomic mass is 35.5. The number of aliphatic hydroxyl groups is 2. The third-order valence-corrected chi connectivity index (χ3v) is 3.72. The van der Waals surface area contributed by atoms with E-state index in [4.69, 9.17) is 11.6 Å². The van der Waals surface area contributed by atoms with E-state index in [1.165, 1.54) is 19.3 Å². The van der Waals surface area contributed by atoms with Gasteiger partial charge in [0.1, 0.15) is 0 Å². The van der Waals surface area contributed by atoms with Gasteiger partial charge in [-0.25, -0.2) is 0 Å². The van der Waals surface area contributed by atoms with E-state index in [0.717, 1.165) is 18.4 Å². The second kappa shape index (κ2) is 5.17. The van der Waals surface area contributed by atoms with Crippen LogP contribution in [0.2, 0.25) is 5.02 Å². The fourth-order valence-electron chi connectivity index (χ4n) is 2.60. The van der Waals surface area contributed by atoms with Gasteiger partial charge in [0.15, 0.2) is 6.29 Å². The average molecular weight is 241 g/mol. The van der Waals surface area contributed by atoms with Crippen LogP contribution in [0.5, 0.6) is 0 Å². The number of halogens is 1. The Labute approximate surface area is 101 Å². The fourth-order valence-corrected chi connectivity index (χ4v) is 2.88. The van der Waals surface area contributed by atoms with Crippen molar-refractivity contribution in [3.63, 3.8) is 0 Å². The van der Waals surface area contributed by atoms with Gasteiger partial charge in [0.25, 0.3) is 0 Å². The summed E-state index contributed by atoms with van der Waals surface area (Å²) < 4.78 is 0. The molecule has 1 aliphatic rings. The molecule has 0 radical (unpaired) electrons. The average Bonchev–Trinajstić information content (AvgIpc) is 2.29. The lowest BCUT2D eigenvalue weighted by atomic mass is 9.82. The summed E-state index contributed by atoms with van der Waals surface area (Å²) in [6.07, 6.45) is 4.51. The molecule has 1 saturated carbocycles. The van der Waals surface area contributed by atoms with Crippen LogP contribution in [0.3, 0.4) is 0 Å². The van der Waals surface area contributed by atoms with Gasteiger partial charge in [-0.3, -0.25) is 0 Å². The molecule has 0 unspecified atom stereocenters. The Bertz CT molecular complexity index is 357. The number of aliphatic hydroxyl groups excluding tert-OH is 1. The fraction of sp³-hybridized carbons (Fsp3) is 0.538. The van der Waals surface area contributed by atoms with Crippen molar-refractivity contribution in [3.8, 4) is 0 Å². The molecule has 3 heteroatoms. The van der Waals surface area contributed by atoms with Crippen molar-refractivity contribution in [1.29, 1.82) is 0 Å². The number of hydrogen-bond acceptors (Lipinski definition) is 2. The van der Waals surface area contributed by atoms with Gasteiger partial charge in [-0.05, 0) is 30.4 Å². The third-order valence-electron chi connectivity index (χ3n) is 3.39. The van der Waals surface area contributed by atoms with Crippen molar-refractivity contribution in [2.24, 2.45) is 0 Å². The lowest BCUT2D eigenvalue weighted by Crippen LogP contribution is -2.10. The molecular weight excluding hydrogens is 224 g/mol. The van der Waals surface area contributed by atoms with Crippen LogP contribution < -0.4 is 0 Å². The summed E-state index contributed by atoms with van der Waals surface area (Å²) in [6, 6.07) is 5.57. The van der Waals surface area contributed by atoms with Crippen molar-refractivity contribution in [3.05, 3.63) is 34.3 Å². The maximum absolute atomic E-state index is 9.39. The summed E-state index contributed by atoms with van der Waals surface area (Å²) in [6.45, 7) is 0. The summed E-state index contributed by atoms with van der Waals surface area (Å²) >= 11 is 6.02. The molecule has 1 fully saturated rings. The zero-order chi connectivity index (χ0) is 11.5. The Morgan fingerprint density at radius 3 is 2.44 bits per heavy atom. The first-order chi connectivity index (χ1) is 7.70. The van der Waals surface area contributed by atoms with Gasteiger partial charge in [-0.15, -0.1) is 0 Å². The highest BCUT2D eigenvalue weighted by Gasteiger charge is 2.22. The second-order valence-corrected chi connectivity index (χ2v) is 4.86. The maximum atomic E-state index is 9.39. The van der Waals surface area contributed by atoms with E-state index in [0.29, 0.717) is 16.5 Å². The van der Waals surface area contributed by atoms with Crippen LogP contribution in [-0.2, 0) is 0 Å². The van der Waals surface area contributed by atoms with Crippen molar-refractivity contribution >= 4 is 11.6 Å². The quantitative estimate of drug-likeness (QED) is 0.779. The van der Waals surface area contributed by atoms with E-state index in [9.17, 15) is 10.2 Å². The standard InChI is InChI=1S/C13H17ClO2/c14-11-8-4-7-10(12(11)13(15)16)9-5-2-1-3-6-9/h4,7-9,13,15-16H,1-3,5-6H2. The minimum Gasteiger partial charge on any atom is -0.364 e. The summed E-state index contributed by atoms with van der Waals surface area (Å²) in [5.74, 6) is 0.434. The lowest BCUT2D eigenvalue weighted by Gasteiger charge is -2.25. The normalized spacial score (nSPS) is 18.0. The van der Waals surface area contributed by atoms with E-state index < -0.39 is 6.29 Å². The van der Waals surface area contributed by atoms with Crippen molar-refractivity contribution in [1.82, 2.24) is 0 Å². The Morgan fingerprint density at radius 2 is 1.81 bits per heavy atom. The van der Waals surface area contributed by atoms with Gasteiger partial charge in [0.05, 0.1) is 0 Å². The number of rotatable bonds is 2. The highest BCUT2D eigenvalue weighted by Crippen LogP contribution is 2.38. The van der Waals surface area contributed by atoms with Gasteiger partial charge in [-0.2, -0.15) is 0 Å². The van der Waals surface area contributed by atoms with E-state index in [2.05, 4.69) is 0 Å². The van der Waals surface area contributed by atoms with Crippen LogP contribution in [0.4, 0.5) is 0 Å². The molecule has 88 valence electrons. The van der Waals surface area contributed by atoms with Gasteiger partial charge in [0.2, 0.25) is 0 Å². The number of benzene rings is 1. The minimum absolute atomic E-state index is 0.434. The molecule has 0 aromatic heterocycles. The largest absolute Gasteiger partial charge is 0.364 e. The van der Waals surface area contributed by atoms with Crippen LogP contribution in [0.1, 0.15) is 55.4 Å². The zero-order valence-electron chi connectivity index (χ0n) is 9.19. The van der Waals surface area contributed by atoms with E-state index in [-0.39, 0.29) is 0 Å². The summed E-state index contributed by atoms with van der Waals surface area (Å²) in [7, 11) is 0. The molecule has 0 bridgehead atoms. The molecule has 1 aliphatic carbocycles. The summed E-state index contributed by atoms with van der Waals surface area (Å²) in [4.78, 5) is 0. The van der Waals surface area contributed by atoms with Gasteiger partial charge in [0, 0.05) is 10.6 Å². The second-order valence-electron chi connectivity index (χ2n) is 4.45. The molecule has 2 rings (SSSR count). The van der Waals surface area contributed by atoms with Crippen LogP contribution >= 0.6 is 11.6 Å². The summed E-state index contributed by atoms with van der Waals surface area (Å²) in [5, 5.41) is 19.2. The Kier molecular flexibility index (Phi) is 3.85. The first-order valence-electron chi connectivity index (χ1n) is 5.84. The van der Waals surface area contributed by atoms with Gasteiger partial charge in [-0.1, -0.05) is 43.0 Å². The van der Waals surface area contributed by atoms with E-state index in [1.54, 1.807) is 6.07 Å². The molecule has 0 spiro atoms. The van der Waals surface area contributed by atoms with Crippen molar-refractivity contribution in [2.45, 2.75) is 44.3 Å². The molecule has 1 aromatic rings. The zero-order valence-corrected chi connectivity index (χ0v) is 9.95. The SMILES string of the molecule is OC(O)c1c(Cl)cccc1C1CCCCC1. The van der Waals surface area contributed by atoms with Crippen molar-refractivity contribution < 1.29 is 10.2 Å². The molecule has 1 aromatic carbocycles. The predicted molar refractivity (Wildman–Crippen MR) is 64.5 cm³/mol. The lowest BCUT2D eigenvalue weighted by molar-refractivity contribution is -0.0433. The van der Waals surface area contributed by atoms with Crippen molar-refractivity contribution in [2.75, 3.05) is 0 Å². The topological polar surface area (TPSA) is 40.5 Å². The van der Waals surface area contributed by atoms with Crippen LogP contribution in [0.25, 0.3) is 0 Å². The van der Waals surface area contributed by atoms with E-state index >= 15 is 0 Å². The molecule has 0 saturated heterocycles. The Balaban J connectivity index is 2.34. The first-order valence-corrected chi connectivity index (χ1v) is 6.22. The van der Waals surface area contributed by atoms with Crippen LogP contribution in [0.15, 0.2) is 18.2 Å². The smallest absolute Gasteiger partial charge is 0.180 e. The molecule has 2 nitrogen and oxygen atoms in total. The third kappa shape index (κ3) is 2.40. The van der Waals surface area contributed by atoms with Crippen LogP contribution in [0, 0.1) is 0 Å². The molecule has 0 aliphatic heterocycles. The molecule has 0 heterocycles. The Hall–Kier alpha value is -0.570. The minimum atomic E-state index is -1.47. The van der Waals surface area contributed by atoms with E-state index in [1.807, 2.05) is 12.1 Å². The number of hydrogen-bond donors (Lipinski definition) is 2. The first kappa shape index (κ1) is 11.9.